The van der Waals surface area contributed by atoms with Gasteiger partial charge in [-0.3, -0.25) is 5.43 Å². The minimum absolute atomic E-state index is 0.372. The summed E-state index contributed by atoms with van der Waals surface area (Å²) in [5.41, 5.74) is 5.76. The minimum atomic E-state index is -0.581. The number of hydrogen-bond acceptors (Lipinski definition) is 2. The van der Waals surface area contributed by atoms with Gasteiger partial charge in [0.05, 0.1) is 11.9 Å². The molecule has 23 heavy (non-hydrogen) atoms. The molecule has 4 heteroatoms. The van der Waals surface area contributed by atoms with E-state index in [0.29, 0.717) is 11.1 Å². The molecule has 3 rings (SSSR count). The van der Waals surface area contributed by atoms with Crippen molar-refractivity contribution >= 4 is 11.9 Å². The van der Waals surface area contributed by atoms with E-state index < -0.39 is 11.6 Å². The van der Waals surface area contributed by atoms with Crippen LogP contribution in [0, 0.1) is 11.6 Å². The highest BCUT2D eigenvalue weighted by Gasteiger charge is 2.05. The number of hydrazone groups is 1. The maximum atomic E-state index is 13.8. The average Bonchev–Trinajstić information content (AvgIpc) is 2.57. The summed E-state index contributed by atoms with van der Waals surface area (Å²) in [6.45, 7) is 0. The second-order valence-electron chi connectivity index (χ2n) is 4.98. The van der Waals surface area contributed by atoms with E-state index in [4.69, 9.17) is 0 Å². The molecule has 0 aromatic heterocycles. The lowest BCUT2D eigenvalue weighted by Gasteiger charge is -2.04. The van der Waals surface area contributed by atoms with E-state index in [9.17, 15) is 8.78 Å². The molecule has 0 radical (unpaired) electrons. The molecule has 3 aromatic rings. The molecule has 1 N–H and O–H groups in total. The fraction of sp³-hybridized carbons (Fsp3) is 0. The van der Waals surface area contributed by atoms with Crippen molar-refractivity contribution in [3.63, 3.8) is 0 Å². The maximum absolute atomic E-state index is 13.8. The Balaban J connectivity index is 1.72. The van der Waals surface area contributed by atoms with E-state index in [0.717, 1.165) is 17.3 Å². The first-order valence-electron chi connectivity index (χ1n) is 7.12. The fourth-order valence-electron chi connectivity index (χ4n) is 2.17. The van der Waals surface area contributed by atoms with Gasteiger partial charge >= 0.3 is 0 Å². The van der Waals surface area contributed by atoms with Gasteiger partial charge in [-0.1, -0.05) is 42.5 Å². The van der Waals surface area contributed by atoms with Gasteiger partial charge in [-0.25, -0.2) is 8.78 Å². The summed E-state index contributed by atoms with van der Waals surface area (Å²) < 4.78 is 26.7. The van der Waals surface area contributed by atoms with Crippen LogP contribution >= 0.6 is 0 Å². The van der Waals surface area contributed by atoms with Gasteiger partial charge in [0.25, 0.3) is 0 Å². The first-order chi connectivity index (χ1) is 11.2. The summed E-state index contributed by atoms with van der Waals surface area (Å²) in [6.07, 6.45) is 1.68. The van der Waals surface area contributed by atoms with Crippen LogP contribution < -0.4 is 5.43 Å². The van der Waals surface area contributed by atoms with Crippen molar-refractivity contribution < 1.29 is 8.78 Å². The number of para-hydroxylation sites is 1. The van der Waals surface area contributed by atoms with Crippen LogP contribution in [-0.2, 0) is 0 Å². The molecule has 0 heterocycles. The third-order valence-corrected chi connectivity index (χ3v) is 3.33. The zero-order valence-electron chi connectivity index (χ0n) is 12.2. The zero-order chi connectivity index (χ0) is 16.1. The van der Waals surface area contributed by atoms with Crippen molar-refractivity contribution in [3.05, 3.63) is 90.0 Å². The number of rotatable bonds is 4. The molecule has 0 aliphatic heterocycles. The lowest BCUT2D eigenvalue weighted by molar-refractivity contribution is 0.585. The SMILES string of the molecule is Fc1ccc(-c2ccc(C=NNc3ccccc3)cc2)c(F)c1. The molecule has 0 saturated heterocycles. The van der Waals surface area contributed by atoms with Crippen molar-refractivity contribution in [2.45, 2.75) is 0 Å². The predicted octanol–water partition coefficient (Wildman–Crippen LogP) is 5.08. The lowest BCUT2D eigenvalue weighted by atomic mass is 10.0. The maximum Gasteiger partial charge on any atom is 0.133 e. The highest BCUT2D eigenvalue weighted by atomic mass is 19.1. The van der Waals surface area contributed by atoms with Crippen LogP contribution in [-0.4, -0.2) is 6.21 Å². The van der Waals surface area contributed by atoms with Gasteiger partial charge in [-0.15, -0.1) is 0 Å². The Morgan fingerprint density at radius 1 is 0.826 bits per heavy atom. The average molecular weight is 308 g/mol. The van der Waals surface area contributed by atoms with Crippen molar-refractivity contribution in [1.29, 1.82) is 0 Å². The Kier molecular flexibility index (Phi) is 4.43. The molecule has 2 nitrogen and oxygen atoms in total. The van der Waals surface area contributed by atoms with Crippen LogP contribution in [0.3, 0.4) is 0 Å². The number of anilines is 1. The topological polar surface area (TPSA) is 24.4 Å². The van der Waals surface area contributed by atoms with E-state index >= 15 is 0 Å². The first-order valence-corrected chi connectivity index (χ1v) is 7.12. The van der Waals surface area contributed by atoms with Gasteiger partial charge in [-0.2, -0.15) is 5.10 Å². The van der Waals surface area contributed by atoms with Crippen molar-refractivity contribution in [1.82, 2.24) is 0 Å². The standard InChI is InChI=1S/C19H14F2N2/c20-16-10-11-18(19(21)12-16)15-8-6-14(7-9-15)13-22-23-17-4-2-1-3-5-17/h1-13,23H. The summed E-state index contributed by atoms with van der Waals surface area (Å²) in [5, 5.41) is 4.14. The summed E-state index contributed by atoms with van der Waals surface area (Å²) in [6, 6.07) is 20.4. The van der Waals surface area contributed by atoms with Crippen molar-refractivity contribution in [2.24, 2.45) is 5.10 Å². The van der Waals surface area contributed by atoms with Gasteiger partial charge < -0.3 is 0 Å². The molecule has 0 bridgehead atoms. The molecular weight excluding hydrogens is 294 g/mol. The molecule has 0 spiro atoms. The molecule has 0 atom stereocenters. The highest BCUT2D eigenvalue weighted by molar-refractivity contribution is 5.81. The largest absolute Gasteiger partial charge is 0.279 e. The Morgan fingerprint density at radius 3 is 2.26 bits per heavy atom. The predicted molar refractivity (Wildman–Crippen MR) is 89.5 cm³/mol. The smallest absolute Gasteiger partial charge is 0.133 e. The zero-order valence-corrected chi connectivity index (χ0v) is 12.2. The fourth-order valence-corrected chi connectivity index (χ4v) is 2.17. The molecular formula is C19H14F2N2. The van der Waals surface area contributed by atoms with E-state index in [1.807, 2.05) is 42.5 Å². The van der Waals surface area contributed by atoms with Crippen LogP contribution in [0.5, 0.6) is 0 Å². The molecule has 0 fully saturated rings. The number of hydrogen-bond donors (Lipinski definition) is 1. The molecule has 3 aromatic carbocycles. The summed E-state index contributed by atoms with van der Waals surface area (Å²) in [4.78, 5) is 0. The van der Waals surface area contributed by atoms with E-state index in [1.54, 1.807) is 18.3 Å². The number of halogens is 2. The van der Waals surface area contributed by atoms with Crippen molar-refractivity contribution in [3.8, 4) is 11.1 Å². The van der Waals surface area contributed by atoms with Crippen LogP contribution in [0.2, 0.25) is 0 Å². The van der Waals surface area contributed by atoms with E-state index in [1.165, 1.54) is 12.1 Å². The Bertz CT molecular complexity index is 813. The molecule has 0 aliphatic rings. The molecule has 0 saturated carbocycles. The molecule has 114 valence electrons. The normalized spacial score (nSPS) is 10.9. The van der Waals surface area contributed by atoms with Gasteiger partial charge in [0.1, 0.15) is 11.6 Å². The Hall–Kier alpha value is -3.01. The third kappa shape index (κ3) is 3.80. The first kappa shape index (κ1) is 14.9. The van der Waals surface area contributed by atoms with Gasteiger partial charge in [0, 0.05) is 11.6 Å². The lowest BCUT2D eigenvalue weighted by Crippen LogP contribution is -1.91. The Labute approximate surface area is 133 Å². The second-order valence-corrected chi connectivity index (χ2v) is 4.98. The number of benzene rings is 3. The van der Waals surface area contributed by atoms with E-state index in [2.05, 4.69) is 10.5 Å². The summed E-state index contributed by atoms with van der Waals surface area (Å²) >= 11 is 0. The summed E-state index contributed by atoms with van der Waals surface area (Å²) in [7, 11) is 0. The van der Waals surface area contributed by atoms with E-state index in [-0.39, 0.29) is 0 Å². The Morgan fingerprint density at radius 2 is 1.57 bits per heavy atom. The van der Waals surface area contributed by atoms with Gasteiger partial charge in [0.15, 0.2) is 0 Å². The monoisotopic (exact) mass is 308 g/mol. The van der Waals surface area contributed by atoms with Gasteiger partial charge in [0.2, 0.25) is 0 Å². The summed E-state index contributed by atoms with van der Waals surface area (Å²) in [5.74, 6) is -1.15. The molecule has 0 unspecified atom stereocenters. The third-order valence-electron chi connectivity index (χ3n) is 3.33. The van der Waals surface area contributed by atoms with Gasteiger partial charge in [-0.05, 0) is 35.4 Å². The highest BCUT2D eigenvalue weighted by Crippen LogP contribution is 2.23. The van der Waals surface area contributed by atoms with Crippen LogP contribution in [0.25, 0.3) is 11.1 Å². The number of nitrogens with zero attached hydrogens (tertiary/aromatic N) is 1. The number of nitrogens with one attached hydrogen (secondary N) is 1. The molecule has 0 aliphatic carbocycles. The van der Waals surface area contributed by atoms with Crippen LogP contribution in [0.1, 0.15) is 5.56 Å². The van der Waals surface area contributed by atoms with Crippen LogP contribution in [0.15, 0.2) is 77.9 Å². The molecule has 0 amide bonds. The quantitative estimate of drug-likeness (QED) is 0.527. The van der Waals surface area contributed by atoms with Crippen LogP contribution in [0.4, 0.5) is 14.5 Å². The minimum Gasteiger partial charge on any atom is -0.279 e. The van der Waals surface area contributed by atoms with Crippen molar-refractivity contribution in [2.75, 3.05) is 5.43 Å². The second kappa shape index (κ2) is 6.83.